The molecule has 0 aliphatic rings. The van der Waals surface area contributed by atoms with Crippen LogP contribution < -0.4 is 11.5 Å². The highest BCUT2D eigenvalue weighted by Crippen LogP contribution is 2.29. The van der Waals surface area contributed by atoms with Crippen molar-refractivity contribution in [1.29, 1.82) is 0 Å². The highest BCUT2D eigenvalue weighted by atomic mass is 32.2. The second-order valence-corrected chi connectivity index (χ2v) is 5.75. The van der Waals surface area contributed by atoms with E-state index in [2.05, 4.69) is 24.6 Å². The van der Waals surface area contributed by atoms with E-state index < -0.39 is 23.6 Å². The number of benzene rings is 1. The summed E-state index contributed by atoms with van der Waals surface area (Å²) in [5, 5.41) is 11.2. The third-order valence-corrected chi connectivity index (χ3v) is 4.09. The maximum atomic E-state index is 13.5. The van der Waals surface area contributed by atoms with E-state index in [9.17, 15) is 18.0 Å². The standard InChI is InChI=1S/C13H10F3N5O3S.C2H6/c14-8-2-1-6(5-7(8)10(15)16)21-11(19-23-13(21)22)9-12(20-24-18-9)25-4-3-17;1-2/h1-2,5,10H,3-4,17H2;1-2H3. The average Bonchev–Trinajstić information content (AvgIpc) is 3.28. The Hall–Kier alpha value is -2.60. The zero-order valence-electron chi connectivity index (χ0n) is 14.4. The van der Waals surface area contributed by atoms with E-state index in [1.54, 1.807) is 0 Å². The van der Waals surface area contributed by atoms with E-state index in [0.29, 0.717) is 17.3 Å². The number of alkyl halides is 2. The van der Waals surface area contributed by atoms with Crippen molar-refractivity contribution in [3.8, 4) is 17.2 Å². The second-order valence-electron chi connectivity index (χ2n) is 4.67. The molecule has 27 heavy (non-hydrogen) atoms. The first-order chi connectivity index (χ1) is 13.0. The van der Waals surface area contributed by atoms with E-state index in [1.807, 2.05) is 13.8 Å². The van der Waals surface area contributed by atoms with Gasteiger partial charge in [-0.25, -0.2) is 27.2 Å². The van der Waals surface area contributed by atoms with Gasteiger partial charge in [0.2, 0.25) is 5.82 Å². The van der Waals surface area contributed by atoms with Crippen LogP contribution in [0.2, 0.25) is 0 Å². The summed E-state index contributed by atoms with van der Waals surface area (Å²) in [5.74, 6) is -1.67. The topological polar surface area (TPSA) is 113 Å². The number of hydrogen-bond donors (Lipinski definition) is 1. The van der Waals surface area contributed by atoms with Crippen LogP contribution in [0, 0.1) is 5.82 Å². The molecule has 146 valence electrons. The molecule has 0 saturated heterocycles. The van der Waals surface area contributed by atoms with E-state index in [0.717, 1.165) is 22.8 Å². The lowest BCUT2D eigenvalue weighted by molar-refractivity contribution is 0.146. The van der Waals surface area contributed by atoms with Gasteiger partial charge in [0.05, 0.1) is 11.3 Å². The van der Waals surface area contributed by atoms with Crippen LogP contribution in [0.25, 0.3) is 17.2 Å². The van der Waals surface area contributed by atoms with Crippen molar-refractivity contribution in [1.82, 2.24) is 20.0 Å². The molecule has 0 saturated carbocycles. The van der Waals surface area contributed by atoms with Crippen LogP contribution >= 0.6 is 11.8 Å². The average molecular weight is 403 g/mol. The Morgan fingerprint density at radius 3 is 2.67 bits per heavy atom. The molecule has 3 aromatic rings. The largest absolute Gasteiger partial charge is 0.446 e. The van der Waals surface area contributed by atoms with Gasteiger partial charge in [0.1, 0.15) is 5.82 Å². The third-order valence-electron chi connectivity index (χ3n) is 3.10. The molecule has 12 heteroatoms. The van der Waals surface area contributed by atoms with Crippen molar-refractivity contribution in [2.75, 3.05) is 12.3 Å². The maximum Gasteiger partial charge on any atom is 0.446 e. The number of halogens is 3. The Morgan fingerprint density at radius 1 is 1.26 bits per heavy atom. The Bertz CT molecular complexity index is 941. The summed E-state index contributed by atoms with van der Waals surface area (Å²) in [6, 6.07) is 2.80. The molecule has 0 spiro atoms. The van der Waals surface area contributed by atoms with Gasteiger partial charge in [-0.3, -0.25) is 4.52 Å². The van der Waals surface area contributed by atoms with Crippen LogP contribution in [0.4, 0.5) is 13.2 Å². The van der Waals surface area contributed by atoms with Crippen molar-refractivity contribution in [3.63, 3.8) is 0 Å². The summed E-state index contributed by atoms with van der Waals surface area (Å²) in [7, 11) is 0. The zero-order valence-corrected chi connectivity index (χ0v) is 15.2. The van der Waals surface area contributed by atoms with Crippen molar-refractivity contribution < 1.29 is 22.3 Å². The number of thioether (sulfide) groups is 1. The number of hydrogen-bond acceptors (Lipinski definition) is 8. The maximum absolute atomic E-state index is 13.5. The quantitative estimate of drug-likeness (QED) is 0.625. The minimum Gasteiger partial charge on any atom is -0.330 e. The third kappa shape index (κ3) is 4.39. The van der Waals surface area contributed by atoms with Gasteiger partial charge < -0.3 is 5.73 Å². The van der Waals surface area contributed by atoms with Crippen LogP contribution in [-0.4, -0.2) is 32.3 Å². The van der Waals surface area contributed by atoms with Crippen LogP contribution in [-0.2, 0) is 0 Å². The fourth-order valence-electron chi connectivity index (χ4n) is 2.03. The lowest BCUT2D eigenvalue weighted by atomic mass is 10.2. The van der Waals surface area contributed by atoms with Gasteiger partial charge in [-0.15, -0.1) is 0 Å². The molecule has 0 unspecified atom stereocenters. The Labute approximate surface area is 155 Å². The molecule has 0 radical (unpaired) electrons. The molecule has 0 aliphatic carbocycles. The molecular formula is C15H16F3N5O3S. The Morgan fingerprint density at radius 2 is 2.00 bits per heavy atom. The van der Waals surface area contributed by atoms with Crippen LogP contribution in [0.15, 0.2) is 37.2 Å². The summed E-state index contributed by atoms with van der Waals surface area (Å²) in [6.07, 6.45) is -3.05. The molecule has 1 aromatic carbocycles. The van der Waals surface area contributed by atoms with Gasteiger partial charge >= 0.3 is 5.76 Å². The molecule has 2 aromatic heterocycles. The SMILES string of the molecule is CC.NCCSc1nonc1-c1noc(=O)n1-c1ccc(F)c(C(F)F)c1. The van der Waals surface area contributed by atoms with Gasteiger partial charge in [0.25, 0.3) is 6.43 Å². The van der Waals surface area contributed by atoms with E-state index >= 15 is 0 Å². The summed E-state index contributed by atoms with van der Waals surface area (Å²) >= 11 is 1.20. The second kappa shape index (κ2) is 9.37. The first kappa shape index (κ1) is 20.7. The van der Waals surface area contributed by atoms with Gasteiger partial charge in [-0.05, 0) is 28.5 Å². The summed E-state index contributed by atoms with van der Waals surface area (Å²) in [4.78, 5) is 12.0. The molecule has 0 aliphatic heterocycles. The van der Waals surface area contributed by atoms with Gasteiger partial charge in [0.15, 0.2) is 10.7 Å². The van der Waals surface area contributed by atoms with E-state index in [1.165, 1.54) is 11.8 Å². The molecule has 8 nitrogen and oxygen atoms in total. The number of nitrogens with two attached hydrogens (primary N) is 1. The molecule has 0 atom stereocenters. The van der Waals surface area contributed by atoms with Crippen molar-refractivity contribution in [2.45, 2.75) is 25.3 Å². The number of aromatic nitrogens is 4. The fraction of sp³-hybridized carbons (Fsp3) is 0.333. The molecule has 0 bridgehead atoms. The normalized spacial score (nSPS) is 10.8. The minimum atomic E-state index is -3.05. The first-order valence-electron chi connectivity index (χ1n) is 7.85. The predicted octanol–water partition coefficient (Wildman–Crippen LogP) is 3.03. The molecule has 2 heterocycles. The molecule has 3 rings (SSSR count). The first-order valence-corrected chi connectivity index (χ1v) is 8.84. The van der Waals surface area contributed by atoms with Crippen molar-refractivity contribution in [2.24, 2.45) is 5.73 Å². The highest BCUT2D eigenvalue weighted by Gasteiger charge is 2.24. The van der Waals surface area contributed by atoms with E-state index in [-0.39, 0.29) is 17.2 Å². The van der Waals surface area contributed by atoms with E-state index in [4.69, 9.17) is 5.73 Å². The lowest BCUT2D eigenvalue weighted by Gasteiger charge is -2.07. The summed E-state index contributed by atoms with van der Waals surface area (Å²) in [6.45, 7) is 4.36. The van der Waals surface area contributed by atoms with Crippen LogP contribution in [0.1, 0.15) is 25.8 Å². The van der Waals surface area contributed by atoms with Gasteiger partial charge in [0, 0.05) is 12.3 Å². The molecular weight excluding hydrogens is 387 g/mol. The zero-order chi connectivity index (χ0) is 20.0. The van der Waals surface area contributed by atoms with Crippen molar-refractivity contribution >= 4 is 11.8 Å². The lowest BCUT2D eigenvalue weighted by Crippen LogP contribution is -2.14. The fourth-order valence-corrected chi connectivity index (χ4v) is 2.69. The predicted molar refractivity (Wildman–Crippen MR) is 91.4 cm³/mol. The minimum absolute atomic E-state index is 0.0595. The Balaban J connectivity index is 0.00000126. The number of nitrogens with zero attached hydrogens (tertiary/aromatic N) is 4. The summed E-state index contributed by atoms with van der Waals surface area (Å²) in [5.41, 5.74) is 4.59. The monoisotopic (exact) mass is 403 g/mol. The van der Waals surface area contributed by atoms with Crippen LogP contribution in [0.5, 0.6) is 0 Å². The molecule has 2 N–H and O–H groups in total. The Kier molecular flexibility index (Phi) is 7.19. The number of rotatable bonds is 6. The molecule has 0 fully saturated rings. The highest BCUT2D eigenvalue weighted by molar-refractivity contribution is 7.99. The molecule has 0 amide bonds. The summed E-state index contributed by atoms with van der Waals surface area (Å²) < 4.78 is 49.4. The van der Waals surface area contributed by atoms with Gasteiger partial charge in [-0.2, -0.15) is 0 Å². The van der Waals surface area contributed by atoms with Crippen molar-refractivity contribution in [3.05, 3.63) is 40.1 Å². The van der Waals surface area contributed by atoms with Gasteiger partial charge in [-0.1, -0.05) is 30.8 Å². The van der Waals surface area contributed by atoms with Crippen LogP contribution in [0.3, 0.4) is 0 Å². The smallest absolute Gasteiger partial charge is 0.330 e.